The highest BCUT2D eigenvalue weighted by atomic mass is 32.1. The highest BCUT2D eigenvalue weighted by Gasteiger charge is 2.24. The van der Waals surface area contributed by atoms with Crippen molar-refractivity contribution in [3.63, 3.8) is 0 Å². The first kappa shape index (κ1) is 14.5. The SMILES string of the molecule is CCOC(=O)c1sc(C(=O)O)cc1OC(C)(C)C. The molecule has 1 rings (SSSR count). The van der Waals surface area contributed by atoms with Crippen LogP contribution < -0.4 is 4.74 Å². The fraction of sp³-hybridized carbons (Fsp3) is 0.500. The second kappa shape index (κ2) is 5.39. The van der Waals surface area contributed by atoms with Gasteiger partial charge in [0.15, 0.2) is 4.88 Å². The summed E-state index contributed by atoms with van der Waals surface area (Å²) in [5.74, 6) is -1.40. The highest BCUT2D eigenvalue weighted by molar-refractivity contribution is 7.16. The van der Waals surface area contributed by atoms with Crippen LogP contribution in [0.25, 0.3) is 0 Å². The van der Waals surface area contributed by atoms with E-state index in [1.807, 2.05) is 20.8 Å². The minimum Gasteiger partial charge on any atom is -0.486 e. The molecule has 0 bridgehead atoms. The quantitative estimate of drug-likeness (QED) is 0.853. The van der Waals surface area contributed by atoms with Gasteiger partial charge in [-0.15, -0.1) is 11.3 Å². The molecule has 5 nitrogen and oxygen atoms in total. The minimum absolute atomic E-state index is 0.0531. The van der Waals surface area contributed by atoms with E-state index in [9.17, 15) is 9.59 Å². The molecule has 0 aliphatic heterocycles. The number of hydrogen-bond donors (Lipinski definition) is 1. The lowest BCUT2D eigenvalue weighted by atomic mass is 10.2. The Kier molecular flexibility index (Phi) is 4.34. The summed E-state index contributed by atoms with van der Waals surface area (Å²) in [5.41, 5.74) is -0.516. The van der Waals surface area contributed by atoms with E-state index in [2.05, 4.69) is 0 Å². The zero-order chi connectivity index (χ0) is 13.9. The van der Waals surface area contributed by atoms with Crippen LogP contribution in [0, 0.1) is 0 Å². The van der Waals surface area contributed by atoms with Gasteiger partial charge in [-0.2, -0.15) is 0 Å². The number of ether oxygens (including phenoxy) is 2. The minimum atomic E-state index is -1.09. The molecule has 1 aromatic rings. The van der Waals surface area contributed by atoms with E-state index < -0.39 is 17.5 Å². The predicted molar refractivity (Wildman–Crippen MR) is 67.6 cm³/mol. The average molecular weight is 272 g/mol. The zero-order valence-electron chi connectivity index (χ0n) is 10.8. The molecule has 0 aliphatic carbocycles. The van der Waals surface area contributed by atoms with Crippen molar-refractivity contribution in [3.05, 3.63) is 15.8 Å². The Morgan fingerprint density at radius 1 is 1.39 bits per heavy atom. The Balaban J connectivity index is 3.13. The van der Waals surface area contributed by atoms with Gasteiger partial charge in [0, 0.05) is 6.07 Å². The van der Waals surface area contributed by atoms with Gasteiger partial charge in [0.25, 0.3) is 0 Å². The summed E-state index contributed by atoms with van der Waals surface area (Å²) in [6.45, 7) is 7.38. The first-order valence-corrected chi connectivity index (χ1v) is 6.29. The number of rotatable bonds is 4. The molecule has 0 radical (unpaired) electrons. The van der Waals surface area contributed by atoms with E-state index in [-0.39, 0.29) is 22.1 Å². The van der Waals surface area contributed by atoms with Crippen LogP contribution in [-0.2, 0) is 4.74 Å². The van der Waals surface area contributed by atoms with Crippen molar-refractivity contribution < 1.29 is 24.2 Å². The van der Waals surface area contributed by atoms with Crippen molar-refractivity contribution in [3.8, 4) is 5.75 Å². The number of aromatic carboxylic acids is 1. The van der Waals surface area contributed by atoms with Crippen molar-refractivity contribution in [2.24, 2.45) is 0 Å². The fourth-order valence-corrected chi connectivity index (χ4v) is 2.04. The van der Waals surface area contributed by atoms with Gasteiger partial charge in [-0.3, -0.25) is 0 Å². The maximum absolute atomic E-state index is 11.7. The summed E-state index contributed by atoms with van der Waals surface area (Å²) in [6.07, 6.45) is 0. The van der Waals surface area contributed by atoms with Gasteiger partial charge >= 0.3 is 11.9 Å². The second-order valence-electron chi connectivity index (χ2n) is 4.54. The Bertz CT molecular complexity index is 456. The van der Waals surface area contributed by atoms with Crippen LogP contribution >= 0.6 is 11.3 Å². The van der Waals surface area contributed by atoms with Gasteiger partial charge in [0.2, 0.25) is 0 Å². The summed E-state index contributed by atoms with van der Waals surface area (Å²) < 4.78 is 10.5. The molecule has 0 saturated heterocycles. The lowest BCUT2D eigenvalue weighted by Gasteiger charge is -2.20. The number of hydrogen-bond acceptors (Lipinski definition) is 5. The van der Waals surface area contributed by atoms with Gasteiger partial charge < -0.3 is 14.6 Å². The molecule has 1 heterocycles. The van der Waals surface area contributed by atoms with E-state index in [4.69, 9.17) is 14.6 Å². The van der Waals surface area contributed by atoms with Crippen LogP contribution in [0.5, 0.6) is 5.75 Å². The van der Waals surface area contributed by atoms with Crippen LogP contribution in [0.1, 0.15) is 47.0 Å². The summed E-state index contributed by atoms with van der Waals surface area (Å²) in [4.78, 5) is 22.9. The molecule has 0 aliphatic rings. The number of carbonyl (C=O) groups is 2. The topological polar surface area (TPSA) is 72.8 Å². The molecule has 0 aromatic carbocycles. The number of esters is 1. The lowest BCUT2D eigenvalue weighted by Crippen LogP contribution is -2.23. The summed E-state index contributed by atoms with van der Waals surface area (Å²) in [7, 11) is 0. The van der Waals surface area contributed by atoms with E-state index in [1.165, 1.54) is 6.07 Å². The highest BCUT2D eigenvalue weighted by Crippen LogP contribution is 2.32. The molecule has 1 N–H and O–H groups in total. The smallest absolute Gasteiger partial charge is 0.352 e. The molecule has 100 valence electrons. The normalized spacial score (nSPS) is 11.1. The van der Waals surface area contributed by atoms with Gasteiger partial charge in [-0.25, -0.2) is 9.59 Å². The van der Waals surface area contributed by atoms with Crippen molar-refractivity contribution in [1.29, 1.82) is 0 Å². The van der Waals surface area contributed by atoms with Crippen molar-refractivity contribution in [2.45, 2.75) is 33.3 Å². The van der Waals surface area contributed by atoms with Gasteiger partial charge in [0.05, 0.1) is 6.61 Å². The van der Waals surface area contributed by atoms with Crippen LogP contribution in [0.4, 0.5) is 0 Å². The van der Waals surface area contributed by atoms with E-state index >= 15 is 0 Å². The molecule has 0 saturated carbocycles. The molecular weight excluding hydrogens is 256 g/mol. The van der Waals surface area contributed by atoms with Crippen LogP contribution in [0.2, 0.25) is 0 Å². The molecule has 0 fully saturated rings. The van der Waals surface area contributed by atoms with Crippen molar-refractivity contribution in [2.75, 3.05) is 6.61 Å². The van der Waals surface area contributed by atoms with Crippen molar-refractivity contribution >= 4 is 23.3 Å². The van der Waals surface area contributed by atoms with Gasteiger partial charge in [0.1, 0.15) is 16.2 Å². The maximum Gasteiger partial charge on any atom is 0.352 e. The Labute approximate surface area is 109 Å². The summed E-state index contributed by atoms with van der Waals surface area (Å²) >= 11 is 0.857. The number of carboxylic acids is 1. The van der Waals surface area contributed by atoms with Crippen LogP contribution in [-0.4, -0.2) is 29.3 Å². The van der Waals surface area contributed by atoms with Crippen LogP contribution in [0.3, 0.4) is 0 Å². The van der Waals surface area contributed by atoms with Gasteiger partial charge in [-0.05, 0) is 27.7 Å². The number of thiophene rings is 1. The average Bonchev–Trinajstić information content (AvgIpc) is 2.59. The van der Waals surface area contributed by atoms with E-state index in [0.29, 0.717) is 0 Å². The van der Waals surface area contributed by atoms with E-state index in [1.54, 1.807) is 6.92 Å². The van der Waals surface area contributed by atoms with Gasteiger partial charge in [-0.1, -0.05) is 0 Å². The zero-order valence-corrected chi connectivity index (χ0v) is 11.6. The van der Waals surface area contributed by atoms with Crippen molar-refractivity contribution in [1.82, 2.24) is 0 Å². The largest absolute Gasteiger partial charge is 0.486 e. The van der Waals surface area contributed by atoms with E-state index in [0.717, 1.165) is 11.3 Å². The summed E-state index contributed by atoms with van der Waals surface area (Å²) in [6, 6.07) is 1.35. The summed E-state index contributed by atoms with van der Waals surface area (Å²) in [5, 5.41) is 8.94. The third kappa shape index (κ3) is 3.73. The Hall–Kier alpha value is -1.56. The molecular formula is C12H16O5S. The third-order valence-corrected chi connectivity index (χ3v) is 2.87. The monoisotopic (exact) mass is 272 g/mol. The Morgan fingerprint density at radius 3 is 2.44 bits per heavy atom. The standard InChI is InChI=1S/C12H16O5S/c1-5-16-11(15)9-7(17-12(2,3)4)6-8(18-9)10(13)14/h6H,5H2,1-4H3,(H,13,14). The fourth-order valence-electron chi connectivity index (χ4n) is 1.22. The first-order chi connectivity index (χ1) is 8.24. The Morgan fingerprint density at radius 2 is 2.00 bits per heavy atom. The first-order valence-electron chi connectivity index (χ1n) is 5.48. The maximum atomic E-state index is 11.7. The predicted octanol–water partition coefficient (Wildman–Crippen LogP) is 2.80. The number of carboxylic acid groups (broad SMARTS) is 1. The van der Waals surface area contributed by atoms with Crippen LogP contribution in [0.15, 0.2) is 6.07 Å². The number of carbonyl (C=O) groups excluding carboxylic acids is 1. The lowest BCUT2D eigenvalue weighted by molar-refractivity contribution is 0.0519. The molecule has 18 heavy (non-hydrogen) atoms. The molecule has 0 spiro atoms. The second-order valence-corrected chi connectivity index (χ2v) is 5.60. The molecule has 0 atom stereocenters. The molecule has 0 unspecified atom stereocenters. The third-order valence-electron chi connectivity index (χ3n) is 1.79. The molecule has 6 heteroatoms. The molecule has 0 amide bonds. The molecule has 1 aromatic heterocycles.